The Morgan fingerprint density at radius 2 is 1.71 bits per heavy atom. The predicted molar refractivity (Wildman–Crippen MR) is 109 cm³/mol. The van der Waals surface area contributed by atoms with Crippen LogP contribution in [-0.2, 0) is 5.41 Å². The predicted octanol–water partition coefficient (Wildman–Crippen LogP) is 5.99. The van der Waals surface area contributed by atoms with Crippen LogP contribution in [0.3, 0.4) is 0 Å². The maximum atomic E-state index is 6.15. The molecule has 0 unspecified atom stereocenters. The highest BCUT2D eigenvalue weighted by Crippen LogP contribution is 2.24. The number of thiocarbonyl (C=S) groups is 1. The monoisotopic (exact) mass is 360 g/mol. The summed E-state index contributed by atoms with van der Waals surface area (Å²) in [6.45, 7) is 10.7. The third-order valence-electron chi connectivity index (χ3n) is 4.05. The summed E-state index contributed by atoms with van der Waals surface area (Å²) in [5, 5.41) is 7.81. The zero-order valence-electron chi connectivity index (χ0n) is 14.9. The van der Waals surface area contributed by atoms with Crippen LogP contribution in [0.2, 0.25) is 5.02 Å². The smallest absolute Gasteiger partial charge is 0.171 e. The summed E-state index contributed by atoms with van der Waals surface area (Å²) >= 11 is 11.6. The summed E-state index contributed by atoms with van der Waals surface area (Å²) in [6, 6.07) is 14.6. The van der Waals surface area contributed by atoms with Crippen molar-refractivity contribution < 1.29 is 0 Å². The van der Waals surface area contributed by atoms with Gasteiger partial charge in [0.25, 0.3) is 0 Å². The number of hydrogen-bond donors (Lipinski definition) is 2. The summed E-state index contributed by atoms with van der Waals surface area (Å²) in [4.78, 5) is 0. The van der Waals surface area contributed by atoms with Gasteiger partial charge in [-0.25, -0.2) is 0 Å². The van der Waals surface area contributed by atoms with Crippen LogP contribution >= 0.6 is 23.8 Å². The van der Waals surface area contributed by atoms with Crippen molar-refractivity contribution in [3.63, 3.8) is 0 Å². The zero-order valence-corrected chi connectivity index (χ0v) is 16.5. The van der Waals surface area contributed by atoms with Crippen molar-refractivity contribution in [3.05, 3.63) is 64.2 Å². The van der Waals surface area contributed by atoms with Gasteiger partial charge in [0.05, 0.1) is 6.04 Å². The molecule has 2 N–H and O–H groups in total. The van der Waals surface area contributed by atoms with E-state index in [0.29, 0.717) is 5.11 Å². The first-order valence-electron chi connectivity index (χ1n) is 8.11. The maximum absolute atomic E-state index is 6.15. The number of aryl methyl sites for hydroxylation is 1. The highest BCUT2D eigenvalue weighted by molar-refractivity contribution is 7.80. The van der Waals surface area contributed by atoms with E-state index in [1.165, 1.54) is 11.1 Å². The molecule has 0 aliphatic carbocycles. The molecule has 2 rings (SSSR count). The van der Waals surface area contributed by atoms with Crippen molar-refractivity contribution in [3.8, 4) is 0 Å². The van der Waals surface area contributed by atoms with Crippen LogP contribution < -0.4 is 10.6 Å². The Balaban J connectivity index is 1.99. The molecule has 0 aliphatic heterocycles. The first-order valence-corrected chi connectivity index (χ1v) is 8.89. The van der Waals surface area contributed by atoms with Crippen molar-refractivity contribution in [2.75, 3.05) is 5.32 Å². The lowest BCUT2D eigenvalue weighted by molar-refractivity contribution is 0.589. The standard InChI is InChI=1S/C20H25ClN2S/c1-13-6-11-17(12-18(13)21)23-19(24)22-14(2)15-7-9-16(10-8-15)20(3,4)5/h6-12,14H,1-5H3,(H2,22,23,24)/t14-/m0/s1. The summed E-state index contributed by atoms with van der Waals surface area (Å²) in [5.41, 5.74) is 4.63. The van der Waals surface area contributed by atoms with Gasteiger partial charge in [0.1, 0.15) is 0 Å². The normalized spacial score (nSPS) is 12.6. The van der Waals surface area contributed by atoms with Gasteiger partial charge in [-0.1, -0.05) is 62.7 Å². The van der Waals surface area contributed by atoms with E-state index in [-0.39, 0.29) is 11.5 Å². The number of nitrogens with one attached hydrogen (secondary N) is 2. The minimum Gasteiger partial charge on any atom is -0.356 e. The molecule has 0 saturated heterocycles. The molecular weight excluding hydrogens is 336 g/mol. The second-order valence-corrected chi connectivity index (χ2v) is 7.97. The Bertz CT molecular complexity index is 717. The van der Waals surface area contributed by atoms with E-state index >= 15 is 0 Å². The summed E-state index contributed by atoms with van der Waals surface area (Å²) in [6.07, 6.45) is 0. The largest absolute Gasteiger partial charge is 0.356 e. The molecule has 0 saturated carbocycles. The zero-order chi connectivity index (χ0) is 17.9. The molecule has 0 bridgehead atoms. The summed E-state index contributed by atoms with van der Waals surface area (Å²) in [5.74, 6) is 0. The minimum absolute atomic E-state index is 0.125. The van der Waals surface area contributed by atoms with Gasteiger partial charge in [-0.3, -0.25) is 0 Å². The van der Waals surface area contributed by atoms with E-state index in [1.807, 2.05) is 25.1 Å². The van der Waals surface area contributed by atoms with E-state index in [9.17, 15) is 0 Å². The third kappa shape index (κ3) is 4.96. The average molecular weight is 361 g/mol. The second kappa shape index (κ2) is 7.54. The molecule has 2 aromatic rings. The van der Waals surface area contributed by atoms with Gasteiger partial charge >= 0.3 is 0 Å². The van der Waals surface area contributed by atoms with Crippen LogP contribution in [-0.4, -0.2) is 5.11 Å². The minimum atomic E-state index is 0.125. The molecule has 128 valence electrons. The molecule has 0 radical (unpaired) electrons. The van der Waals surface area contributed by atoms with E-state index in [1.54, 1.807) is 0 Å². The lowest BCUT2D eigenvalue weighted by Crippen LogP contribution is -2.30. The third-order valence-corrected chi connectivity index (χ3v) is 4.68. The molecular formula is C20H25ClN2S. The lowest BCUT2D eigenvalue weighted by atomic mass is 9.86. The lowest BCUT2D eigenvalue weighted by Gasteiger charge is -2.21. The molecule has 0 aliphatic rings. The molecule has 0 fully saturated rings. The first kappa shape index (κ1) is 18.8. The van der Waals surface area contributed by atoms with Crippen molar-refractivity contribution in [2.45, 2.75) is 46.1 Å². The molecule has 24 heavy (non-hydrogen) atoms. The van der Waals surface area contributed by atoms with E-state index in [4.69, 9.17) is 23.8 Å². The van der Waals surface area contributed by atoms with Crippen molar-refractivity contribution in [1.29, 1.82) is 0 Å². The van der Waals surface area contributed by atoms with E-state index < -0.39 is 0 Å². The Kier molecular flexibility index (Phi) is 5.89. The number of benzene rings is 2. The van der Waals surface area contributed by atoms with Gasteiger partial charge in [0.2, 0.25) is 0 Å². The Labute approximate surface area is 155 Å². The van der Waals surface area contributed by atoms with E-state index in [0.717, 1.165) is 16.3 Å². The van der Waals surface area contributed by atoms with Crippen LogP contribution in [0, 0.1) is 6.92 Å². The molecule has 0 amide bonds. The van der Waals surface area contributed by atoms with Crippen LogP contribution in [0.15, 0.2) is 42.5 Å². The average Bonchev–Trinajstić information content (AvgIpc) is 2.50. The highest BCUT2D eigenvalue weighted by Gasteiger charge is 2.14. The molecule has 4 heteroatoms. The Morgan fingerprint density at radius 1 is 1.08 bits per heavy atom. The van der Waals surface area contributed by atoms with Gasteiger partial charge in [-0.15, -0.1) is 0 Å². The van der Waals surface area contributed by atoms with Crippen molar-refractivity contribution >= 4 is 34.6 Å². The maximum Gasteiger partial charge on any atom is 0.171 e. The number of rotatable bonds is 3. The first-order chi connectivity index (χ1) is 11.2. The van der Waals surface area contributed by atoms with Crippen LogP contribution in [0.1, 0.15) is 50.4 Å². The quantitative estimate of drug-likeness (QED) is 0.657. The van der Waals surface area contributed by atoms with Crippen LogP contribution in [0.4, 0.5) is 5.69 Å². The van der Waals surface area contributed by atoms with Gasteiger partial charge in [-0.05, 0) is 60.3 Å². The van der Waals surface area contributed by atoms with Gasteiger partial charge < -0.3 is 10.6 Å². The number of hydrogen-bond acceptors (Lipinski definition) is 1. The number of anilines is 1. The van der Waals surface area contributed by atoms with E-state index in [2.05, 4.69) is 62.6 Å². The fourth-order valence-corrected chi connectivity index (χ4v) is 2.86. The second-order valence-electron chi connectivity index (χ2n) is 7.16. The molecule has 2 nitrogen and oxygen atoms in total. The van der Waals surface area contributed by atoms with Crippen LogP contribution in [0.25, 0.3) is 0 Å². The molecule has 2 aromatic carbocycles. The van der Waals surface area contributed by atoms with Crippen LogP contribution in [0.5, 0.6) is 0 Å². The highest BCUT2D eigenvalue weighted by atomic mass is 35.5. The Morgan fingerprint density at radius 3 is 2.25 bits per heavy atom. The molecule has 0 aromatic heterocycles. The number of halogens is 1. The Hall–Kier alpha value is -1.58. The summed E-state index contributed by atoms with van der Waals surface area (Å²) < 4.78 is 0. The van der Waals surface area contributed by atoms with Gasteiger partial charge in [0, 0.05) is 10.7 Å². The van der Waals surface area contributed by atoms with Crippen molar-refractivity contribution in [2.24, 2.45) is 0 Å². The van der Waals surface area contributed by atoms with Gasteiger partial charge in [-0.2, -0.15) is 0 Å². The topological polar surface area (TPSA) is 24.1 Å². The van der Waals surface area contributed by atoms with Gasteiger partial charge in [0.15, 0.2) is 5.11 Å². The molecule has 0 heterocycles. The molecule has 0 spiro atoms. The van der Waals surface area contributed by atoms with Crippen molar-refractivity contribution in [1.82, 2.24) is 5.32 Å². The summed E-state index contributed by atoms with van der Waals surface area (Å²) in [7, 11) is 0. The fourth-order valence-electron chi connectivity index (χ4n) is 2.39. The fraction of sp³-hybridized carbons (Fsp3) is 0.350. The molecule has 1 atom stereocenters. The SMILES string of the molecule is Cc1ccc(NC(=S)N[C@@H](C)c2ccc(C(C)(C)C)cc2)cc1Cl.